The Hall–Kier alpha value is -2.14. The topological polar surface area (TPSA) is 67.2 Å². The third kappa shape index (κ3) is 2.31. The molecule has 22 heavy (non-hydrogen) atoms. The zero-order valence-electron chi connectivity index (χ0n) is 12.5. The summed E-state index contributed by atoms with van der Waals surface area (Å²) in [4.78, 5) is 16.5. The van der Waals surface area contributed by atoms with Crippen LogP contribution < -0.4 is 10.6 Å². The normalized spacial score (nSPS) is 26.3. The van der Waals surface area contributed by atoms with Crippen LogP contribution in [0.5, 0.6) is 0 Å². The zero-order valence-corrected chi connectivity index (χ0v) is 12.5. The van der Waals surface area contributed by atoms with Crippen LogP contribution in [0.15, 0.2) is 34.9 Å². The first-order valence-corrected chi connectivity index (χ1v) is 7.77. The zero-order chi connectivity index (χ0) is 15.1. The molecule has 1 saturated carbocycles. The summed E-state index contributed by atoms with van der Waals surface area (Å²) in [5.74, 6) is 1.25. The predicted molar refractivity (Wildman–Crippen MR) is 82.4 cm³/mol. The molecule has 2 aromatic rings. The van der Waals surface area contributed by atoms with Crippen LogP contribution in [-0.2, 0) is 0 Å². The number of amides is 1. The number of fused-ring (bicyclic) bond motifs is 2. The van der Waals surface area contributed by atoms with Gasteiger partial charge in [0.15, 0.2) is 5.76 Å². The first-order valence-electron chi connectivity index (χ1n) is 7.77. The maximum Gasteiger partial charge on any atom is 0.307 e. The minimum atomic E-state index is -0.223. The quantitative estimate of drug-likeness (QED) is 0.911. The van der Waals surface area contributed by atoms with Crippen molar-refractivity contribution in [2.75, 3.05) is 6.54 Å². The Morgan fingerprint density at radius 1 is 1.36 bits per heavy atom. The van der Waals surface area contributed by atoms with Crippen LogP contribution in [0.25, 0.3) is 11.3 Å². The molecule has 5 nitrogen and oxygen atoms in total. The first kappa shape index (κ1) is 13.5. The Kier molecular flexibility index (Phi) is 3.22. The first-order chi connectivity index (χ1) is 10.7. The minimum Gasteiger partial charge on any atom is -0.432 e. The average molecular weight is 297 g/mol. The van der Waals surface area contributed by atoms with E-state index in [2.05, 4.69) is 15.6 Å². The highest BCUT2D eigenvalue weighted by Gasteiger charge is 2.40. The van der Waals surface area contributed by atoms with E-state index in [0.717, 1.165) is 30.5 Å². The van der Waals surface area contributed by atoms with Crippen LogP contribution in [0.3, 0.4) is 0 Å². The Morgan fingerprint density at radius 3 is 2.95 bits per heavy atom. The molecule has 1 saturated heterocycles. The molecule has 5 heteroatoms. The van der Waals surface area contributed by atoms with E-state index in [1.165, 1.54) is 0 Å². The number of hydrogen-bond acceptors (Lipinski definition) is 4. The summed E-state index contributed by atoms with van der Waals surface area (Å²) in [6.07, 6.45) is 3.83. The lowest BCUT2D eigenvalue weighted by Gasteiger charge is -2.23. The molecule has 0 spiro atoms. The van der Waals surface area contributed by atoms with Gasteiger partial charge in [-0.25, -0.2) is 4.98 Å². The Labute approximate surface area is 129 Å². The number of nitrogens with zero attached hydrogens (tertiary/aromatic N) is 1. The summed E-state index contributed by atoms with van der Waals surface area (Å²) in [6.45, 7) is 3.09. The number of aromatic nitrogens is 1. The van der Waals surface area contributed by atoms with Crippen molar-refractivity contribution in [3.63, 3.8) is 0 Å². The van der Waals surface area contributed by atoms with E-state index in [-0.39, 0.29) is 17.8 Å². The van der Waals surface area contributed by atoms with Crippen molar-refractivity contribution in [2.24, 2.45) is 5.92 Å². The van der Waals surface area contributed by atoms with E-state index < -0.39 is 0 Å². The molecular weight excluding hydrogens is 278 g/mol. The second kappa shape index (κ2) is 5.25. The molecule has 2 heterocycles. The van der Waals surface area contributed by atoms with Crippen molar-refractivity contribution in [1.29, 1.82) is 0 Å². The summed E-state index contributed by atoms with van der Waals surface area (Å²) in [5.41, 5.74) is 2.07. The van der Waals surface area contributed by atoms with Crippen molar-refractivity contribution in [2.45, 2.75) is 31.8 Å². The average Bonchev–Trinajstić information content (AvgIpc) is 3.24. The van der Waals surface area contributed by atoms with E-state index in [9.17, 15) is 4.79 Å². The third-order valence-corrected chi connectivity index (χ3v) is 4.76. The van der Waals surface area contributed by atoms with Gasteiger partial charge in [-0.2, -0.15) is 0 Å². The van der Waals surface area contributed by atoms with E-state index in [1.807, 2.05) is 31.2 Å². The summed E-state index contributed by atoms with van der Waals surface area (Å²) in [7, 11) is 0. The van der Waals surface area contributed by atoms with Gasteiger partial charge in [0.25, 0.3) is 5.89 Å². The maximum atomic E-state index is 12.3. The van der Waals surface area contributed by atoms with Crippen molar-refractivity contribution in [1.82, 2.24) is 15.6 Å². The fourth-order valence-electron chi connectivity index (χ4n) is 3.60. The van der Waals surface area contributed by atoms with E-state index in [0.29, 0.717) is 17.7 Å². The van der Waals surface area contributed by atoms with Crippen molar-refractivity contribution < 1.29 is 9.21 Å². The Balaban J connectivity index is 1.49. The second-order valence-corrected chi connectivity index (χ2v) is 6.28. The van der Waals surface area contributed by atoms with Gasteiger partial charge in [0, 0.05) is 17.6 Å². The van der Waals surface area contributed by atoms with Gasteiger partial charge >= 0.3 is 5.91 Å². The Morgan fingerprint density at radius 2 is 2.23 bits per heavy atom. The van der Waals surface area contributed by atoms with Gasteiger partial charge in [-0.1, -0.05) is 24.3 Å². The number of oxazole rings is 1. The van der Waals surface area contributed by atoms with Gasteiger partial charge in [0.2, 0.25) is 0 Å². The molecule has 2 bridgehead atoms. The maximum absolute atomic E-state index is 12.3. The summed E-state index contributed by atoms with van der Waals surface area (Å²) in [6, 6.07) is 8.51. The lowest BCUT2D eigenvalue weighted by molar-refractivity contribution is 0.0894. The Bertz CT molecular complexity index is 709. The van der Waals surface area contributed by atoms with Crippen LogP contribution >= 0.6 is 0 Å². The number of benzene rings is 1. The second-order valence-electron chi connectivity index (χ2n) is 6.28. The molecule has 2 aliphatic rings. The molecule has 3 atom stereocenters. The van der Waals surface area contributed by atoms with Crippen molar-refractivity contribution in [3.05, 3.63) is 41.9 Å². The van der Waals surface area contributed by atoms with Gasteiger partial charge in [-0.15, -0.1) is 0 Å². The molecule has 1 aliphatic heterocycles. The standard InChI is InChI=1S/C17H19N3O2/c1-10-4-2-3-5-12(10)15-9-19-17(22-15)16(21)20-14-7-11-6-13(14)18-8-11/h2-5,9,11,13-14,18H,6-8H2,1H3,(H,20,21). The van der Waals surface area contributed by atoms with E-state index >= 15 is 0 Å². The van der Waals surface area contributed by atoms with E-state index in [4.69, 9.17) is 4.42 Å². The molecule has 4 rings (SSSR count). The summed E-state index contributed by atoms with van der Waals surface area (Å²) < 4.78 is 5.66. The van der Waals surface area contributed by atoms with Crippen LogP contribution in [-0.4, -0.2) is 29.5 Å². The molecule has 1 aromatic carbocycles. The molecule has 3 unspecified atom stereocenters. The molecule has 2 fully saturated rings. The highest BCUT2D eigenvalue weighted by molar-refractivity contribution is 5.90. The number of nitrogens with one attached hydrogen (secondary N) is 2. The van der Waals surface area contributed by atoms with E-state index in [1.54, 1.807) is 6.20 Å². The molecule has 114 valence electrons. The minimum absolute atomic E-state index is 0.140. The SMILES string of the molecule is Cc1ccccc1-c1cnc(C(=O)NC2CC3CNC2C3)o1. The summed E-state index contributed by atoms with van der Waals surface area (Å²) in [5, 5.41) is 6.48. The largest absolute Gasteiger partial charge is 0.432 e. The summed E-state index contributed by atoms with van der Waals surface area (Å²) >= 11 is 0. The highest BCUT2D eigenvalue weighted by atomic mass is 16.4. The third-order valence-electron chi connectivity index (χ3n) is 4.76. The molecule has 0 radical (unpaired) electrons. The smallest absolute Gasteiger partial charge is 0.307 e. The lowest BCUT2D eigenvalue weighted by atomic mass is 10.1. The van der Waals surface area contributed by atoms with Gasteiger partial charge in [0.05, 0.1) is 6.20 Å². The van der Waals surface area contributed by atoms with Crippen LogP contribution in [0.2, 0.25) is 0 Å². The lowest BCUT2D eigenvalue weighted by Crippen LogP contribution is -2.48. The number of hydrogen-bond donors (Lipinski definition) is 2. The predicted octanol–water partition coefficient (Wildman–Crippen LogP) is 2.13. The molecule has 1 aromatic heterocycles. The van der Waals surface area contributed by atoms with Gasteiger partial charge in [0.1, 0.15) is 0 Å². The highest BCUT2D eigenvalue weighted by Crippen LogP contribution is 2.31. The molecule has 2 N–H and O–H groups in total. The van der Waals surface area contributed by atoms with Gasteiger partial charge < -0.3 is 15.1 Å². The molecular formula is C17H19N3O2. The molecule has 1 aliphatic carbocycles. The number of aryl methyl sites for hydroxylation is 1. The molecule has 1 amide bonds. The van der Waals surface area contributed by atoms with Crippen molar-refractivity contribution in [3.8, 4) is 11.3 Å². The van der Waals surface area contributed by atoms with Gasteiger partial charge in [-0.05, 0) is 37.8 Å². The van der Waals surface area contributed by atoms with Crippen LogP contribution in [0.1, 0.15) is 29.1 Å². The number of rotatable bonds is 3. The number of carbonyl (C=O) groups is 1. The van der Waals surface area contributed by atoms with Gasteiger partial charge in [-0.3, -0.25) is 4.79 Å². The fourth-order valence-corrected chi connectivity index (χ4v) is 3.60. The van der Waals surface area contributed by atoms with Crippen molar-refractivity contribution >= 4 is 5.91 Å². The number of piperidine rings is 1. The monoisotopic (exact) mass is 297 g/mol. The fraction of sp³-hybridized carbons (Fsp3) is 0.412. The van der Waals surface area contributed by atoms with Crippen LogP contribution in [0.4, 0.5) is 0 Å². The van der Waals surface area contributed by atoms with Crippen LogP contribution in [0, 0.1) is 12.8 Å². The number of carbonyl (C=O) groups excluding carboxylic acids is 1.